The Morgan fingerprint density at radius 1 is 1.35 bits per heavy atom. The Labute approximate surface area is 123 Å². The smallest absolute Gasteiger partial charge is 0.257 e. The first-order valence-corrected chi connectivity index (χ1v) is 7.42. The highest BCUT2D eigenvalue weighted by Crippen LogP contribution is 2.23. The lowest BCUT2D eigenvalue weighted by Gasteiger charge is -2.07. The van der Waals surface area contributed by atoms with E-state index in [1.165, 1.54) is 11.3 Å². The van der Waals surface area contributed by atoms with Gasteiger partial charge in [-0.25, -0.2) is 4.98 Å². The third-order valence-corrected chi connectivity index (χ3v) is 4.13. The van der Waals surface area contributed by atoms with Gasteiger partial charge in [-0.1, -0.05) is 6.92 Å². The van der Waals surface area contributed by atoms with Gasteiger partial charge in [0.2, 0.25) is 0 Å². The van der Waals surface area contributed by atoms with Crippen LogP contribution in [0.25, 0.3) is 0 Å². The van der Waals surface area contributed by atoms with Crippen molar-refractivity contribution < 1.29 is 4.79 Å². The van der Waals surface area contributed by atoms with Crippen LogP contribution in [-0.2, 0) is 6.42 Å². The number of hydrogen-bond donors (Lipinski definition) is 2. The van der Waals surface area contributed by atoms with Crippen LogP contribution in [-0.4, -0.2) is 17.9 Å². The zero-order valence-corrected chi connectivity index (χ0v) is 13.0. The number of hydrogen-bond acceptors (Lipinski definition) is 4. The van der Waals surface area contributed by atoms with Crippen LogP contribution in [0.4, 0.5) is 10.8 Å². The Morgan fingerprint density at radius 2 is 2.10 bits per heavy atom. The molecule has 0 radical (unpaired) electrons. The molecule has 5 heteroatoms. The van der Waals surface area contributed by atoms with E-state index in [0.29, 0.717) is 10.7 Å². The Hall–Kier alpha value is -1.88. The van der Waals surface area contributed by atoms with Crippen molar-refractivity contribution in [2.24, 2.45) is 0 Å². The number of nitrogens with zero attached hydrogens (tertiary/aromatic N) is 1. The molecule has 0 unspecified atom stereocenters. The highest BCUT2D eigenvalue weighted by atomic mass is 32.1. The molecular formula is C15H19N3OS. The summed E-state index contributed by atoms with van der Waals surface area (Å²) < 4.78 is 0. The van der Waals surface area contributed by atoms with Gasteiger partial charge < -0.3 is 5.32 Å². The molecule has 2 N–H and O–H groups in total. The molecule has 0 aliphatic rings. The molecule has 2 rings (SSSR count). The first kappa shape index (κ1) is 14.5. The molecule has 0 bridgehead atoms. The first-order valence-electron chi connectivity index (χ1n) is 6.61. The molecule has 1 aromatic carbocycles. The monoisotopic (exact) mass is 289 g/mol. The van der Waals surface area contributed by atoms with E-state index >= 15 is 0 Å². The van der Waals surface area contributed by atoms with Crippen LogP contribution in [0.5, 0.6) is 0 Å². The van der Waals surface area contributed by atoms with Crippen LogP contribution in [0.2, 0.25) is 0 Å². The fourth-order valence-corrected chi connectivity index (χ4v) is 2.96. The van der Waals surface area contributed by atoms with E-state index in [-0.39, 0.29) is 5.91 Å². The number of amides is 1. The topological polar surface area (TPSA) is 54.0 Å². The molecule has 0 aliphatic carbocycles. The maximum absolute atomic E-state index is 12.2. The largest absolute Gasteiger partial charge is 0.388 e. The molecule has 0 fully saturated rings. The summed E-state index contributed by atoms with van der Waals surface area (Å²) in [6.07, 6.45) is 0.883. The molecule has 0 saturated carbocycles. The number of aryl methyl sites for hydroxylation is 3. The van der Waals surface area contributed by atoms with Crippen LogP contribution in [0.1, 0.15) is 33.4 Å². The van der Waals surface area contributed by atoms with Gasteiger partial charge in [0.25, 0.3) is 5.91 Å². The summed E-state index contributed by atoms with van der Waals surface area (Å²) in [5, 5.41) is 6.62. The van der Waals surface area contributed by atoms with Gasteiger partial charge in [0.1, 0.15) is 0 Å². The van der Waals surface area contributed by atoms with Crippen molar-refractivity contribution in [1.82, 2.24) is 4.98 Å². The molecule has 20 heavy (non-hydrogen) atoms. The second kappa shape index (κ2) is 6.05. The molecule has 106 valence electrons. The van der Waals surface area contributed by atoms with Gasteiger partial charge in [-0.2, -0.15) is 0 Å². The van der Waals surface area contributed by atoms with E-state index in [0.717, 1.165) is 28.2 Å². The number of carbonyl (C=O) groups excluding carboxylic acids is 1. The maximum Gasteiger partial charge on any atom is 0.257 e. The van der Waals surface area contributed by atoms with Crippen molar-refractivity contribution in [3.8, 4) is 0 Å². The summed E-state index contributed by atoms with van der Waals surface area (Å²) in [4.78, 5) is 17.8. The molecule has 1 amide bonds. The van der Waals surface area contributed by atoms with Crippen LogP contribution >= 0.6 is 11.3 Å². The number of nitrogens with one attached hydrogen (secondary N) is 2. The summed E-state index contributed by atoms with van der Waals surface area (Å²) in [5.41, 5.74) is 3.77. The fraction of sp³-hybridized carbons (Fsp3) is 0.333. The number of carbonyl (C=O) groups is 1. The lowest BCUT2D eigenvalue weighted by Crippen LogP contribution is -2.12. The maximum atomic E-state index is 12.2. The molecule has 1 heterocycles. The van der Waals surface area contributed by atoms with E-state index in [4.69, 9.17) is 0 Å². The van der Waals surface area contributed by atoms with Gasteiger partial charge in [-0.3, -0.25) is 10.1 Å². The van der Waals surface area contributed by atoms with Crippen LogP contribution in [0, 0.1) is 13.8 Å². The quantitative estimate of drug-likeness (QED) is 0.904. The number of rotatable bonds is 4. The average molecular weight is 289 g/mol. The van der Waals surface area contributed by atoms with E-state index in [9.17, 15) is 4.79 Å². The minimum absolute atomic E-state index is 0.118. The molecule has 1 aromatic heterocycles. The molecule has 0 aliphatic heterocycles. The van der Waals surface area contributed by atoms with Gasteiger partial charge in [-0.15, -0.1) is 11.3 Å². The normalized spacial score (nSPS) is 10.4. The lowest BCUT2D eigenvalue weighted by molar-refractivity contribution is 0.102. The highest BCUT2D eigenvalue weighted by Gasteiger charge is 2.11. The van der Waals surface area contributed by atoms with Crippen molar-refractivity contribution in [2.45, 2.75) is 27.2 Å². The SMILES string of the molecule is CCc1nc(NC(=O)c2ccc(NC)c(C)c2)sc1C. The molecule has 0 atom stereocenters. The second-order valence-corrected chi connectivity index (χ2v) is 5.81. The third-order valence-electron chi connectivity index (χ3n) is 3.21. The van der Waals surface area contributed by atoms with Crippen molar-refractivity contribution in [3.63, 3.8) is 0 Å². The lowest BCUT2D eigenvalue weighted by atomic mass is 10.1. The van der Waals surface area contributed by atoms with Crippen molar-refractivity contribution >= 4 is 28.1 Å². The van der Waals surface area contributed by atoms with E-state index in [1.54, 1.807) is 0 Å². The van der Waals surface area contributed by atoms with Gasteiger partial charge in [-0.05, 0) is 44.0 Å². The van der Waals surface area contributed by atoms with Crippen molar-refractivity contribution in [3.05, 3.63) is 39.9 Å². The Morgan fingerprint density at radius 3 is 2.65 bits per heavy atom. The van der Waals surface area contributed by atoms with E-state index < -0.39 is 0 Å². The van der Waals surface area contributed by atoms with E-state index in [2.05, 4.69) is 22.5 Å². The Balaban J connectivity index is 2.17. The van der Waals surface area contributed by atoms with Gasteiger partial charge in [0, 0.05) is 23.2 Å². The minimum Gasteiger partial charge on any atom is -0.388 e. The predicted molar refractivity (Wildman–Crippen MR) is 84.9 cm³/mol. The second-order valence-electron chi connectivity index (χ2n) is 4.61. The summed E-state index contributed by atoms with van der Waals surface area (Å²) in [6, 6.07) is 5.60. The number of aromatic nitrogens is 1. The Kier molecular flexibility index (Phi) is 4.39. The summed E-state index contributed by atoms with van der Waals surface area (Å²) >= 11 is 1.52. The van der Waals surface area contributed by atoms with E-state index in [1.807, 2.05) is 39.1 Å². The molecule has 0 spiro atoms. The summed E-state index contributed by atoms with van der Waals surface area (Å²) in [6.45, 7) is 6.07. The highest BCUT2D eigenvalue weighted by molar-refractivity contribution is 7.15. The van der Waals surface area contributed by atoms with Crippen LogP contribution < -0.4 is 10.6 Å². The summed E-state index contributed by atoms with van der Waals surface area (Å²) in [7, 11) is 1.87. The van der Waals surface area contributed by atoms with Crippen molar-refractivity contribution in [2.75, 3.05) is 17.7 Å². The number of thiazole rings is 1. The van der Waals surface area contributed by atoms with Crippen LogP contribution in [0.15, 0.2) is 18.2 Å². The first-order chi connectivity index (χ1) is 9.55. The fourth-order valence-electron chi connectivity index (χ4n) is 2.06. The predicted octanol–water partition coefficient (Wildman–Crippen LogP) is 3.62. The minimum atomic E-state index is -0.118. The third kappa shape index (κ3) is 2.99. The molecule has 0 saturated heterocycles. The van der Waals surface area contributed by atoms with Crippen molar-refractivity contribution in [1.29, 1.82) is 0 Å². The molecular weight excluding hydrogens is 270 g/mol. The number of anilines is 2. The van der Waals surface area contributed by atoms with Gasteiger partial charge >= 0.3 is 0 Å². The number of benzene rings is 1. The zero-order chi connectivity index (χ0) is 14.7. The standard InChI is InChI=1S/C15H19N3OS/c1-5-12-10(3)20-15(17-12)18-14(19)11-6-7-13(16-4)9(2)8-11/h6-8,16H,5H2,1-4H3,(H,17,18,19). The van der Waals surface area contributed by atoms with Gasteiger partial charge in [0.05, 0.1) is 5.69 Å². The average Bonchev–Trinajstić information content (AvgIpc) is 2.78. The van der Waals surface area contributed by atoms with Crippen LogP contribution in [0.3, 0.4) is 0 Å². The molecule has 2 aromatic rings. The summed E-state index contributed by atoms with van der Waals surface area (Å²) in [5.74, 6) is -0.118. The van der Waals surface area contributed by atoms with Gasteiger partial charge in [0.15, 0.2) is 5.13 Å². The Bertz CT molecular complexity index is 634. The molecule has 4 nitrogen and oxygen atoms in total. The zero-order valence-electron chi connectivity index (χ0n) is 12.2.